The summed E-state index contributed by atoms with van der Waals surface area (Å²) < 4.78 is 3.42. The minimum Gasteiger partial charge on any atom is -0.344 e. The Balaban J connectivity index is 0.000000925. The lowest BCUT2D eigenvalue weighted by Gasteiger charge is -1.99. The van der Waals surface area contributed by atoms with Crippen LogP contribution in [-0.4, -0.2) is 4.57 Å². The maximum atomic E-state index is 3.95. The van der Waals surface area contributed by atoms with E-state index in [2.05, 4.69) is 50.1 Å². The van der Waals surface area contributed by atoms with E-state index in [9.17, 15) is 0 Å². The SMILES string of the molecule is C.C=Cc1sc2cc3c(cc2c1C=C)c(C=C)c(C=C)n3C.CC. The summed E-state index contributed by atoms with van der Waals surface area (Å²) in [6.07, 6.45) is 7.59. The molecule has 0 atom stereocenters. The summed E-state index contributed by atoms with van der Waals surface area (Å²) in [6.45, 7) is 19.7. The zero-order chi connectivity index (χ0) is 17.1. The standard InChI is InChI=1S/C19H17NS.C2H6.CH4/c1-6-12-14-10-15-13(7-2)18(9-4)21-19(15)11-17(14)20(5)16(12)8-3;1-2;/h6-11H,1-4H2,5H3;1-2H3;1H4. The minimum absolute atomic E-state index is 0. The normalized spacial score (nSPS) is 9.79. The molecular formula is C22H27NS. The van der Waals surface area contributed by atoms with Gasteiger partial charge in [0.05, 0.1) is 5.52 Å². The molecule has 0 N–H and O–H groups in total. The summed E-state index contributed by atoms with van der Waals surface area (Å²) in [4.78, 5) is 1.17. The Morgan fingerprint density at radius 2 is 1.50 bits per heavy atom. The number of aromatic nitrogens is 1. The molecule has 2 heteroatoms. The van der Waals surface area contributed by atoms with Crippen molar-refractivity contribution in [2.24, 2.45) is 7.05 Å². The highest BCUT2D eigenvalue weighted by Gasteiger charge is 2.15. The van der Waals surface area contributed by atoms with E-state index in [-0.39, 0.29) is 7.43 Å². The van der Waals surface area contributed by atoms with E-state index >= 15 is 0 Å². The van der Waals surface area contributed by atoms with E-state index in [0.717, 1.165) is 16.8 Å². The lowest BCUT2D eigenvalue weighted by atomic mass is 10.1. The second kappa shape index (κ2) is 7.98. The number of thiophene rings is 1. The van der Waals surface area contributed by atoms with Gasteiger partial charge in [-0.15, -0.1) is 11.3 Å². The highest BCUT2D eigenvalue weighted by atomic mass is 32.1. The molecule has 0 aliphatic carbocycles. The first kappa shape index (κ1) is 19.7. The largest absolute Gasteiger partial charge is 0.344 e. The molecule has 1 aromatic carbocycles. The predicted molar refractivity (Wildman–Crippen MR) is 117 cm³/mol. The summed E-state index contributed by atoms with van der Waals surface area (Å²) in [5, 5.41) is 2.42. The number of aryl methyl sites for hydroxylation is 1. The molecule has 1 nitrogen and oxygen atoms in total. The highest BCUT2D eigenvalue weighted by Crippen LogP contribution is 2.38. The molecule has 3 rings (SSSR count). The molecule has 2 heterocycles. The third kappa shape index (κ3) is 2.78. The Labute approximate surface area is 149 Å². The summed E-state index contributed by atoms with van der Waals surface area (Å²) in [5.74, 6) is 0. The first-order valence-corrected chi connectivity index (χ1v) is 8.56. The Kier molecular flexibility index (Phi) is 6.56. The van der Waals surface area contributed by atoms with Crippen molar-refractivity contribution >= 4 is 56.6 Å². The summed E-state index contributed by atoms with van der Waals surface area (Å²) >= 11 is 1.75. The number of rotatable bonds is 4. The van der Waals surface area contributed by atoms with Crippen molar-refractivity contribution in [3.05, 3.63) is 60.1 Å². The fraction of sp³-hybridized carbons (Fsp3) is 0.182. The summed E-state index contributed by atoms with van der Waals surface area (Å²) in [7, 11) is 2.06. The van der Waals surface area contributed by atoms with Crippen LogP contribution in [-0.2, 0) is 7.05 Å². The van der Waals surface area contributed by atoms with Gasteiger partial charge in [-0.1, -0.05) is 65.8 Å². The molecule has 0 saturated heterocycles. The lowest BCUT2D eigenvalue weighted by molar-refractivity contribution is 0.954. The van der Waals surface area contributed by atoms with Crippen molar-refractivity contribution in [3.63, 3.8) is 0 Å². The molecule has 0 aliphatic heterocycles. The van der Waals surface area contributed by atoms with Crippen molar-refractivity contribution < 1.29 is 0 Å². The van der Waals surface area contributed by atoms with Crippen LogP contribution < -0.4 is 0 Å². The average Bonchev–Trinajstić information content (AvgIpc) is 3.08. The number of hydrogen-bond acceptors (Lipinski definition) is 1. The second-order valence-electron chi connectivity index (χ2n) is 4.92. The van der Waals surface area contributed by atoms with Crippen LogP contribution in [0.3, 0.4) is 0 Å². The third-order valence-corrected chi connectivity index (χ3v) is 5.11. The Hall–Kier alpha value is -2.32. The first-order chi connectivity index (χ1) is 11.2. The van der Waals surface area contributed by atoms with Crippen molar-refractivity contribution in [2.75, 3.05) is 0 Å². The molecule has 0 unspecified atom stereocenters. The van der Waals surface area contributed by atoms with Gasteiger partial charge in [0.2, 0.25) is 0 Å². The van der Waals surface area contributed by atoms with E-state index in [0.29, 0.717) is 0 Å². The lowest BCUT2D eigenvalue weighted by Crippen LogP contribution is -1.90. The van der Waals surface area contributed by atoms with Gasteiger partial charge in [-0.05, 0) is 23.8 Å². The van der Waals surface area contributed by atoms with Crippen molar-refractivity contribution in [1.82, 2.24) is 4.57 Å². The van der Waals surface area contributed by atoms with E-state index in [4.69, 9.17) is 0 Å². The van der Waals surface area contributed by atoms with E-state index in [1.54, 1.807) is 11.3 Å². The van der Waals surface area contributed by atoms with Gasteiger partial charge in [0, 0.05) is 38.7 Å². The maximum absolute atomic E-state index is 3.95. The molecule has 0 bridgehead atoms. The fourth-order valence-electron chi connectivity index (χ4n) is 2.94. The molecule has 3 aromatic rings. The molecule has 0 aliphatic rings. The molecule has 0 fully saturated rings. The zero-order valence-corrected chi connectivity index (χ0v) is 15.0. The van der Waals surface area contributed by atoms with Gasteiger partial charge in [0.25, 0.3) is 0 Å². The first-order valence-electron chi connectivity index (χ1n) is 7.75. The molecule has 24 heavy (non-hydrogen) atoms. The quantitative estimate of drug-likeness (QED) is 0.461. The highest BCUT2D eigenvalue weighted by molar-refractivity contribution is 7.20. The number of fused-ring (bicyclic) bond motifs is 2. The van der Waals surface area contributed by atoms with Gasteiger partial charge in [0.15, 0.2) is 0 Å². The molecule has 0 radical (unpaired) electrons. The number of nitrogens with zero attached hydrogens (tertiary/aromatic N) is 1. The van der Waals surface area contributed by atoms with Gasteiger partial charge in [0.1, 0.15) is 0 Å². The van der Waals surface area contributed by atoms with Gasteiger partial charge in [-0.25, -0.2) is 0 Å². The van der Waals surface area contributed by atoms with Crippen LogP contribution in [0.25, 0.3) is 45.3 Å². The summed E-state index contributed by atoms with van der Waals surface area (Å²) in [6, 6.07) is 4.46. The van der Waals surface area contributed by atoms with E-state index < -0.39 is 0 Å². The number of hydrogen-bond donors (Lipinski definition) is 0. The second-order valence-corrected chi connectivity index (χ2v) is 6.00. The van der Waals surface area contributed by atoms with Crippen LogP contribution in [0.2, 0.25) is 0 Å². The molecule has 0 saturated carbocycles. The number of benzene rings is 1. The maximum Gasteiger partial charge on any atom is 0.0503 e. The Bertz CT molecular complexity index is 919. The van der Waals surface area contributed by atoms with Crippen LogP contribution in [0.4, 0.5) is 0 Å². The van der Waals surface area contributed by atoms with Crippen molar-refractivity contribution in [3.8, 4) is 0 Å². The van der Waals surface area contributed by atoms with Crippen LogP contribution in [0.1, 0.15) is 43.0 Å². The van der Waals surface area contributed by atoms with Crippen LogP contribution in [0.15, 0.2) is 38.4 Å². The topological polar surface area (TPSA) is 4.93 Å². The van der Waals surface area contributed by atoms with E-state index in [1.165, 1.54) is 25.9 Å². The zero-order valence-electron chi connectivity index (χ0n) is 14.1. The van der Waals surface area contributed by atoms with Gasteiger partial charge < -0.3 is 4.57 Å². The third-order valence-electron chi connectivity index (χ3n) is 3.95. The Morgan fingerprint density at radius 1 is 0.875 bits per heavy atom. The smallest absolute Gasteiger partial charge is 0.0503 e. The molecule has 126 valence electrons. The molecule has 2 aromatic heterocycles. The molecule has 0 spiro atoms. The van der Waals surface area contributed by atoms with Crippen molar-refractivity contribution in [1.29, 1.82) is 0 Å². The summed E-state index contributed by atoms with van der Waals surface area (Å²) in [5.41, 5.74) is 4.58. The van der Waals surface area contributed by atoms with Gasteiger partial charge in [-0.2, -0.15) is 0 Å². The van der Waals surface area contributed by atoms with Crippen LogP contribution >= 0.6 is 11.3 Å². The minimum atomic E-state index is 0. The monoisotopic (exact) mass is 337 g/mol. The van der Waals surface area contributed by atoms with E-state index in [1.807, 2.05) is 38.2 Å². The van der Waals surface area contributed by atoms with Gasteiger partial charge in [-0.3, -0.25) is 0 Å². The molecular weight excluding hydrogens is 310 g/mol. The predicted octanol–water partition coefficient (Wildman–Crippen LogP) is 7.63. The van der Waals surface area contributed by atoms with Crippen LogP contribution in [0.5, 0.6) is 0 Å². The Morgan fingerprint density at radius 3 is 2.00 bits per heavy atom. The average molecular weight is 338 g/mol. The van der Waals surface area contributed by atoms with Gasteiger partial charge >= 0.3 is 0 Å². The van der Waals surface area contributed by atoms with Crippen molar-refractivity contribution in [2.45, 2.75) is 21.3 Å². The fourth-order valence-corrected chi connectivity index (χ4v) is 4.01. The van der Waals surface area contributed by atoms with Crippen LogP contribution in [0, 0.1) is 0 Å². The molecule has 0 amide bonds.